The van der Waals surface area contributed by atoms with E-state index < -0.39 is 33.1 Å². The minimum absolute atomic E-state index is 0. The van der Waals surface area contributed by atoms with Crippen LogP contribution in [0.2, 0.25) is 0 Å². The number of amides is 3. The second kappa shape index (κ2) is 22.1. The van der Waals surface area contributed by atoms with Crippen molar-refractivity contribution in [1.82, 2.24) is 28.3 Å². The number of rotatable bonds is 22. The van der Waals surface area contributed by atoms with Crippen LogP contribution >= 0.6 is 19.6 Å². The van der Waals surface area contributed by atoms with E-state index in [0.717, 1.165) is 82.9 Å². The van der Waals surface area contributed by atoms with Crippen molar-refractivity contribution in [2.45, 2.75) is 113 Å². The Morgan fingerprint density at radius 2 is 1.56 bits per heavy atom. The molecule has 3 amide bonds. The van der Waals surface area contributed by atoms with Gasteiger partial charge in [-0.1, -0.05) is 51.4 Å². The van der Waals surface area contributed by atoms with Crippen LogP contribution in [0.15, 0.2) is 0 Å². The molecule has 0 aromatic heterocycles. The molecule has 4 atom stereocenters. The van der Waals surface area contributed by atoms with Crippen molar-refractivity contribution >= 4 is 37.5 Å². The summed E-state index contributed by atoms with van der Waals surface area (Å²) < 4.78 is 19.1. The van der Waals surface area contributed by atoms with Crippen molar-refractivity contribution in [1.29, 1.82) is 0 Å². The van der Waals surface area contributed by atoms with Crippen LogP contribution < -0.4 is 38.0 Å². The zero-order chi connectivity index (χ0) is 28.5. The Morgan fingerprint density at radius 1 is 0.951 bits per heavy atom. The first-order valence-electron chi connectivity index (χ1n) is 14.1. The summed E-state index contributed by atoms with van der Waals surface area (Å²) in [6.07, 6.45) is 11.5. The van der Waals surface area contributed by atoms with Gasteiger partial charge in [0.15, 0.2) is 0 Å². The van der Waals surface area contributed by atoms with E-state index in [1.807, 2.05) is 11.8 Å². The van der Waals surface area contributed by atoms with Crippen LogP contribution in [0.1, 0.15) is 89.9 Å². The maximum Gasteiger partial charge on any atom is 0.315 e. The molecule has 0 aliphatic carbocycles. The maximum absolute atomic E-state index is 12.0. The van der Waals surface area contributed by atoms with E-state index in [1.54, 1.807) is 0 Å². The zero-order valence-corrected chi connectivity index (χ0v) is 26.3. The van der Waals surface area contributed by atoms with Crippen molar-refractivity contribution in [3.63, 3.8) is 0 Å². The fourth-order valence-electron chi connectivity index (χ4n) is 4.71. The molecule has 2 fully saturated rings. The Labute approximate surface area is 247 Å². The molecule has 0 spiro atoms. The molecular formula is C25H52N5O9PS. The average molecular weight is 630 g/mol. The van der Waals surface area contributed by atoms with Crippen LogP contribution in [0.5, 0.6) is 0 Å². The molecule has 14 nitrogen and oxygen atoms in total. The number of hydrogen-bond acceptors (Lipinski definition) is 10. The molecule has 0 aromatic rings. The number of phosphoric ester groups is 1. The van der Waals surface area contributed by atoms with Gasteiger partial charge in [0, 0.05) is 30.4 Å². The summed E-state index contributed by atoms with van der Waals surface area (Å²) in [5.41, 5.74) is 0. The lowest BCUT2D eigenvalue weighted by atomic mass is 10.0. The Balaban J connectivity index is 0.00000800. The maximum atomic E-state index is 12.0. The number of unbranched alkanes of at least 4 members (excludes halogenated alkanes) is 9. The number of aliphatic hydroxyl groups is 1. The van der Waals surface area contributed by atoms with E-state index in [0.29, 0.717) is 18.1 Å². The molecule has 2 rings (SSSR count). The largest absolute Gasteiger partial charge is 0.790 e. The van der Waals surface area contributed by atoms with E-state index in [2.05, 4.69) is 20.5 Å². The van der Waals surface area contributed by atoms with Crippen LogP contribution in [0.3, 0.4) is 0 Å². The first-order chi connectivity index (χ1) is 18.6. The van der Waals surface area contributed by atoms with E-state index in [-0.39, 0.29) is 42.7 Å². The molecule has 2 aliphatic rings. The predicted molar refractivity (Wildman–Crippen MR) is 156 cm³/mol. The van der Waals surface area contributed by atoms with Gasteiger partial charge in [0.25, 0.3) is 0 Å². The summed E-state index contributed by atoms with van der Waals surface area (Å²) in [5.74, 6) is 0.601. The number of thioether (sulfide) groups is 1. The third-order valence-electron chi connectivity index (χ3n) is 6.82. The summed E-state index contributed by atoms with van der Waals surface area (Å²) in [7, 11) is -5.15. The second-order valence-electron chi connectivity index (χ2n) is 10.2. The van der Waals surface area contributed by atoms with E-state index in [9.17, 15) is 33.8 Å². The highest BCUT2D eigenvalue weighted by molar-refractivity contribution is 8.00. The summed E-state index contributed by atoms with van der Waals surface area (Å²) in [6, 6.07) is 0.419. The van der Waals surface area contributed by atoms with Crippen molar-refractivity contribution in [2.24, 2.45) is 0 Å². The summed E-state index contributed by atoms with van der Waals surface area (Å²) >= 11 is 1.90. The van der Waals surface area contributed by atoms with E-state index in [1.165, 1.54) is 0 Å². The minimum Gasteiger partial charge on any atom is -0.790 e. The summed E-state index contributed by atoms with van der Waals surface area (Å²) in [6.45, 7) is -0.420. The average Bonchev–Trinajstić information content (AvgIpc) is 3.43. The lowest BCUT2D eigenvalue weighted by Crippen LogP contribution is -2.36. The minimum atomic E-state index is -5.15. The lowest BCUT2D eigenvalue weighted by molar-refractivity contribution is -0.342. The van der Waals surface area contributed by atoms with Gasteiger partial charge in [0.05, 0.1) is 26.5 Å². The summed E-state index contributed by atoms with van der Waals surface area (Å²) in [4.78, 5) is 55.7. The van der Waals surface area contributed by atoms with Gasteiger partial charge >= 0.3 is 12.0 Å². The Kier molecular flexibility index (Phi) is 21.4. The number of nitrogens with one attached hydrogen (secondary N) is 3. The molecule has 2 aliphatic heterocycles. The number of phosphoric acid groups is 1. The zero-order valence-electron chi connectivity index (χ0n) is 24.6. The Morgan fingerprint density at radius 3 is 2.22 bits per heavy atom. The SMILES string of the molecule is O=C(CCCCC1SCC2NC(=O)NC21)NCCCCCCCCCCCC(=O)OCC(O)COP(=O)([O-])[O-].[NH4+].[NH4+]. The topological polar surface area (TPSA) is 262 Å². The fraction of sp³-hybridized carbons (Fsp3) is 0.880. The molecule has 41 heavy (non-hydrogen) atoms. The van der Waals surface area contributed by atoms with Gasteiger partial charge in [-0.25, -0.2) is 4.79 Å². The van der Waals surface area contributed by atoms with Crippen molar-refractivity contribution < 1.29 is 43.1 Å². The second-order valence-corrected chi connectivity index (χ2v) is 12.7. The highest BCUT2D eigenvalue weighted by atomic mass is 32.2. The molecule has 242 valence electrons. The third kappa shape index (κ3) is 18.6. The van der Waals surface area contributed by atoms with Gasteiger partial charge in [-0.2, -0.15) is 11.8 Å². The highest BCUT2D eigenvalue weighted by Crippen LogP contribution is 2.33. The standard InChI is InChI=1S/C25H46N3O9PS.2H3N/c29-19(17-37-38(33,34)35)16-36-23(31)14-8-6-4-2-1-3-5-7-11-15-26-22(30)13-10-9-12-21-24-20(18-39-21)27-25(32)28-24;;/h19-21,24,29H,1-18H2,(H,26,30)(H2,27,28,32)(H2,33,34,35);2*1H3. The van der Waals surface area contributed by atoms with Crippen LogP contribution in [-0.2, 0) is 23.4 Å². The molecule has 0 aromatic carbocycles. The van der Waals surface area contributed by atoms with Gasteiger partial charge in [-0.15, -0.1) is 0 Å². The molecule has 12 N–H and O–H groups in total. The molecule has 0 radical (unpaired) electrons. The highest BCUT2D eigenvalue weighted by Gasteiger charge is 2.42. The van der Waals surface area contributed by atoms with Crippen molar-refractivity contribution in [2.75, 3.05) is 25.5 Å². The van der Waals surface area contributed by atoms with E-state index >= 15 is 0 Å². The Bertz CT molecular complexity index is 807. The van der Waals surface area contributed by atoms with Crippen LogP contribution in [0, 0.1) is 0 Å². The number of hydrogen-bond donors (Lipinski definition) is 6. The van der Waals surface area contributed by atoms with Gasteiger partial charge in [0.2, 0.25) is 5.91 Å². The number of urea groups is 1. The number of carbonyl (C=O) groups excluding carboxylic acids is 3. The molecule has 16 heteroatoms. The number of aliphatic hydroxyl groups excluding tert-OH is 1. The normalized spacial score (nSPS) is 20.2. The molecule has 0 saturated carbocycles. The van der Waals surface area contributed by atoms with Gasteiger partial charge < -0.3 is 57.0 Å². The molecule has 2 saturated heterocycles. The van der Waals surface area contributed by atoms with Gasteiger partial charge in [-0.3, -0.25) is 9.59 Å². The van der Waals surface area contributed by atoms with Gasteiger partial charge in [0.1, 0.15) is 12.7 Å². The number of quaternary nitrogens is 2. The number of fused-ring (bicyclic) bond motifs is 1. The lowest BCUT2D eigenvalue weighted by Gasteiger charge is -2.29. The monoisotopic (exact) mass is 629 g/mol. The molecule has 2 heterocycles. The van der Waals surface area contributed by atoms with Crippen molar-refractivity contribution in [3.05, 3.63) is 0 Å². The van der Waals surface area contributed by atoms with Crippen LogP contribution in [-0.4, -0.2) is 72.0 Å². The quantitative estimate of drug-likeness (QED) is 0.0440. The van der Waals surface area contributed by atoms with Crippen molar-refractivity contribution in [3.8, 4) is 0 Å². The van der Waals surface area contributed by atoms with Gasteiger partial charge in [-0.05, 0) is 25.7 Å². The number of carbonyl (C=O) groups is 3. The first kappa shape index (κ1) is 39.5. The first-order valence-corrected chi connectivity index (χ1v) is 16.6. The smallest absolute Gasteiger partial charge is 0.315 e. The number of ether oxygens (including phenoxy) is 1. The summed E-state index contributed by atoms with van der Waals surface area (Å²) in [5, 5.41) is 18.8. The van der Waals surface area contributed by atoms with E-state index in [4.69, 9.17) is 4.74 Å². The number of esters is 1. The molecular weight excluding hydrogens is 577 g/mol. The van der Waals surface area contributed by atoms with Crippen LogP contribution in [0.4, 0.5) is 4.79 Å². The molecule has 0 bridgehead atoms. The predicted octanol–water partition coefficient (Wildman–Crippen LogP) is 2.23. The third-order valence-corrected chi connectivity index (χ3v) is 8.80. The molecule has 4 unspecified atom stereocenters. The van der Waals surface area contributed by atoms with Crippen LogP contribution in [0.25, 0.3) is 0 Å². The Hall–Kier alpha value is -1.45. The fourth-order valence-corrected chi connectivity index (χ4v) is 6.61.